The molecule has 0 fully saturated rings. The third-order valence-corrected chi connectivity index (χ3v) is 2.76. The zero-order valence-corrected chi connectivity index (χ0v) is 12.4. The summed E-state index contributed by atoms with van der Waals surface area (Å²) in [7, 11) is 3.98. The molecule has 5 heteroatoms. The summed E-state index contributed by atoms with van der Waals surface area (Å²) in [4.78, 5) is 23.5. The second-order valence-corrected chi connectivity index (χ2v) is 5.02. The Morgan fingerprint density at radius 2 is 1.95 bits per heavy atom. The quantitative estimate of drug-likeness (QED) is 0.309. The lowest BCUT2D eigenvalue weighted by Crippen LogP contribution is -2.18. The fourth-order valence-electron chi connectivity index (χ4n) is 1.72. The summed E-state index contributed by atoms with van der Waals surface area (Å²) >= 11 is 0. The van der Waals surface area contributed by atoms with Gasteiger partial charge < -0.3 is 14.4 Å². The highest BCUT2D eigenvalue weighted by Gasteiger charge is 2.09. The van der Waals surface area contributed by atoms with E-state index in [1.165, 1.54) is 0 Å². The van der Waals surface area contributed by atoms with Crippen LogP contribution in [0.2, 0.25) is 0 Å². The van der Waals surface area contributed by atoms with Crippen molar-refractivity contribution in [3.8, 4) is 0 Å². The standard InChI is InChI=1S/C14H27NO4/c1-13(8-5-4-6-11-18-12-16)19-14(17)9-7-10-15(2)3/h12-13H,4-11H2,1-3H3. The van der Waals surface area contributed by atoms with Gasteiger partial charge >= 0.3 is 5.97 Å². The van der Waals surface area contributed by atoms with E-state index in [1.807, 2.05) is 21.0 Å². The van der Waals surface area contributed by atoms with E-state index in [1.54, 1.807) is 0 Å². The van der Waals surface area contributed by atoms with E-state index in [4.69, 9.17) is 4.74 Å². The van der Waals surface area contributed by atoms with Gasteiger partial charge in [-0.1, -0.05) is 0 Å². The highest BCUT2D eigenvalue weighted by Crippen LogP contribution is 2.08. The third kappa shape index (κ3) is 13.1. The van der Waals surface area contributed by atoms with Gasteiger partial charge in [-0.15, -0.1) is 0 Å². The molecule has 0 radical (unpaired) electrons. The average Bonchev–Trinajstić information content (AvgIpc) is 2.33. The van der Waals surface area contributed by atoms with Gasteiger partial charge in [-0.2, -0.15) is 0 Å². The van der Waals surface area contributed by atoms with Crippen molar-refractivity contribution in [1.82, 2.24) is 4.90 Å². The van der Waals surface area contributed by atoms with Gasteiger partial charge in [-0.3, -0.25) is 9.59 Å². The Hall–Kier alpha value is -1.10. The highest BCUT2D eigenvalue weighted by atomic mass is 16.5. The molecule has 0 aromatic rings. The van der Waals surface area contributed by atoms with Crippen molar-refractivity contribution in [2.24, 2.45) is 0 Å². The predicted molar refractivity (Wildman–Crippen MR) is 73.8 cm³/mol. The van der Waals surface area contributed by atoms with Gasteiger partial charge in [0.05, 0.1) is 12.7 Å². The van der Waals surface area contributed by atoms with E-state index in [2.05, 4.69) is 9.64 Å². The molecule has 0 saturated heterocycles. The minimum Gasteiger partial charge on any atom is -0.468 e. The normalized spacial score (nSPS) is 12.2. The highest BCUT2D eigenvalue weighted by molar-refractivity contribution is 5.69. The average molecular weight is 273 g/mol. The number of unbranched alkanes of at least 4 members (excludes halogenated alkanes) is 2. The number of ether oxygens (including phenoxy) is 2. The van der Waals surface area contributed by atoms with E-state index >= 15 is 0 Å². The number of hydrogen-bond donors (Lipinski definition) is 0. The van der Waals surface area contributed by atoms with Crippen LogP contribution in [0.3, 0.4) is 0 Å². The zero-order chi connectivity index (χ0) is 14.5. The number of rotatable bonds is 12. The van der Waals surface area contributed by atoms with Gasteiger partial charge in [-0.05, 0) is 59.7 Å². The van der Waals surface area contributed by atoms with Crippen molar-refractivity contribution in [2.45, 2.75) is 51.6 Å². The molecule has 112 valence electrons. The lowest BCUT2D eigenvalue weighted by atomic mass is 10.1. The molecule has 0 aliphatic rings. The maximum absolute atomic E-state index is 11.5. The first-order valence-corrected chi connectivity index (χ1v) is 6.95. The van der Waals surface area contributed by atoms with Crippen LogP contribution < -0.4 is 0 Å². The lowest BCUT2D eigenvalue weighted by Gasteiger charge is -2.14. The van der Waals surface area contributed by atoms with E-state index in [-0.39, 0.29) is 12.1 Å². The number of carbonyl (C=O) groups excluding carboxylic acids is 2. The first-order chi connectivity index (χ1) is 9.06. The first kappa shape index (κ1) is 17.9. The Morgan fingerprint density at radius 1 is 1.21 bits per heavy atom. The van der Waals surface area contributed by atoms with Crippen LogP contribution in [-0.4, -0.2) is 50.7 Å². The van der Waals surface area contributed by atoms with Gasteiger partial charge in [0.1, 0.15) is 0 Å². The third-order valence-electron chi connectivity index (χ3n) is 2.76. The summed E-state index contributed by atoms with van der Waals surface area (Å²) in [6, 6.07) is 0. The van der Waals surface area contributed by atoms with Crippen LogP contribution in [0, 0.1) is 0 Å². The maximum atomic E-state index is 11.5. The number of hydrogen-bond acceptors (Lipinski definition) is 5. The topological polar surface area (TPSA) is 55.8 Å². The van der Waals surface area contributed by atoms with Crippen LogP contribution in [0.5, 0.6) is 0 Å². The van der Waals surface area contributed by atoms with Crippen LogP contribution in [0.1, 0.15) is 45.4 Å². The van der Waals surface area contributed by atoms with Gasteiger partial charge in [0.2, 0.25) is 0 Å². The van der Waals surface area contributed by atoms with Crippen molar-refractivity contribution in [3.05, 3.63) is 0 Å². The Kier molecular flexibility index (Phi) is 11.3. The minimum absolute atomic E-state index is 0.0288. The molecule has 0 bridgehead atoms. The second-order valence-electron chi connectivity index (χ2n) is 5.02. The number of carbonyl (C=O) groups is 2. The Labute approximate surface area is 116 Å². The van der Waals surface area contributed by atoms with Crippen molar-refractivity contribution in [1.29, 1.82) is 0 Å². The van der Waals surface area contributed by atoms with Crippen molar-refractivity contribution >= 4 is 12.4 Å². The molecule has 0 N–H and O–H groups in total. The van der Waals surface area contributed by atoms with E-state index in [0.29, 0.717) is 19.5 Å². The molecule has 19 heavy (non-hydrogen) atoms. The van der Waals surface area contributed by atoms with Crippen LogP contribution in [0.4, 0.5) is 0 Å². The largest absolute Gasteiger partial charge is 0.468 e. The molecule has 1 unspecified atom stereocenters. The van der Waals surface area contributed by atoms with E-state index < -0.39 is 0 Å². The van der Waals surface area contributed by atoms with Crippen LogP contribution >= 0.6 is 0 Å². The zero-order valence-electron chi connectivity index (χ0n) is 12.4. The molecule has 0 aliphatic carbocycles. The fourth-order valence-corrected chi connectivity index (χ4v) is 1.72. The summed E-state index contributed by atoms with van der Waals surface area (Å²) in [5, 5.41) is 0. The summed E-state index contributed by atoms with van der Waals surface area (Å²) in [5.74, 6) is -0.112. The molecular weight excluding hydrogens is 246 g/mol. The fraction of sp³-hybridized carbons (Fsp3) is 0.857. The number of esters is 1. The maximum Gasteiger partial charge on any atom is 0.306 e. The molecule has 0 aromatic carbocycles. The molecule has 5 nitrogen and oxygen atoms in total. The van der Waals surface area contributed by atoms with Crippen LogP contribution in [0.25, 0.3) is 0 Å². The molecule has 0 amide bonds. The molecular formula is C14H27NO4. The van der Waals surface area contributed by atoms with Crippen molar-refractivity contribution < 1.29 is 19.1 Å². The molecule has 0 spiro atoms. The Morgan fingerprint density at radius 3 is 2.58 bits per heavy atom. The number of nitrogens with zero attached hydrogens (tertiary/aromatic N) is 1. The second kappa shape index (κ2) is 12.0. The van der Waals surface area contributed by atoms with Crippen molar-refractivity contribution in [3.63, 3.8) is 0 Å². The summed E-state index contributed by atoms with van der Waals surface area (Å²) in [6.07, 6.45) is 4.98. The Balaban J connectivity index is 3.43. The van der Waals surface area contributed by atoms with Crippen LogP contribution in [0.15, 0.2) is 0 Å². The van der Waals surface area contributed by atoms with Gasteiger partial charge in [0, 0.05) is 6.42 Å². The molecule has 0 heterocycles. The van der Waals surface area contributed by atoms with Gasteiger partial charge in [0.25, 0.3) is 6.47 Å². The van der Waals surface area contributed by atoms with E-state index in [0.717, 1.165) is 38.6 Å². The molecule has 1 atom stereocenters. The smallest absolute Gasteiger partial charge is 0.306 e. The summed E-state index contributed by atoms with van der Waals surface area (Å²) < 4.78 is 9.91. The lowest BCUT2D eigenvalue weighted by molar-refractivity contribution is -0.148. The summed E-state index contributed by atoms with van der Waals surface area (Å²) in [6.45, 7) is 3.77. The van der Waals surface area contributed by atoms with E-state index in [9.17, 15) is 9.59 Å². The molecule has 0 aromatic heterocycles. The van der Waals surface area contributed by atoms with Gasteiger partial charge in [-0.25, -0.2) is 0 Å². The molecule has 0 rings (SSSR count). The SMILES string of the molecule is CC(CCCCCOC=O)OC(=O)CCCN(C)C. The predicted octanol–water partition coefficient (Wildman–Crippen LogP) is 1.99. The monoisotopic (exact) mass is 273 g/mol. The van der Waals surface area contributed by atoms with Crippen molar-refractivity contribution in [2.75, 3.05) is 27.2 Å². The minimum atomic E-state index is -0.112. The summed E-state index contributed by atoms with van der Waals surface area (Å²) in [5.41, 5.74) is 0. The molecule has 0 aliphatic heterocycles. The van der Waals surface area contributed by atoms with Gasteiger partial charge in [0.15, 0.2) is 0 Å². The molecule has 0 saturated carbocycles. The first-order valence-electron chi connectivity index (χ1n) is 6.95. The van der Waals surface area contributed by atoms with Crippen LogP contribution in [-0.2, 0) is 19.1 Å². The Bertz CT molecular complexity index is 244.